The van der Waals surface area contributed by atoms with Crippen LogP contribution in [0.5, 0.6) is 11.5 Å². The number of phenols is 1. The number of aryl methyl sites for hydroxylation is 1. The number of nitrogens with one attached hydrogen (secondary N) is 1. The maximum Gasteiger partial charge on any atom is 0.338 e. The maximum absolute atomic E-state index is 11.9. The van der Waals surface area contributed by atoms with Crippen LogP contribution >= 0.6 is 0 Å². The molecular formula is C17H17NO5. The number of carbonyl (C=O) groups excluding carboxylic acids is 2. The number of carbonyl (C=O) groups is 2. The van der Waals surface area contributed by atoms with Gasteiger partial charge in [-0.2, -0.15) is 0 Å². The van der Waals surface area contributed by atoms with Gasteiger partial charge in [-0.25, -0.2) is 4.79 Å². The van der Waals surface area contributed by atoms with Gasteiger partial charge in [0.25, 0.3) is 5.91 Å². The Labute approximate surface area is 133 Å². The van der Waals surface area contributed by atoms with Crippen molar-refractivity contribution in [3.05, 3.63) is 53.6 Å². The summed E-state index contributed by atoms with van der Waals surface area (Å²) in [6.45, 7) is 1.47. The van der Waals surface area contributed by atoms with Crippen LogP contribution in [0.15, 0.2) is 42.5 Å². The molecule has 0 fully saturated rings. The minimum Gasteiger partial charge on any atom is -0.508 e. The zero-order chi connectivity index (χ0) is 16.8. The lowest BCUT2D eigenvalue weighted by Gasteiger charge is -2.11. The third kappa shape index (κ3) is 4.47. The smallest absolute Gasteiger partial charge is 0.338 e. The molecule has 120 valence electrons. The number of anilines is 1. The van der Waals surface area contributed by atoms with E-state index >= 15 is 0 Å². The standard InChI is InChI=1S/C17H17NO5/c1-11-3-8-15(22-2)14(9-11)18-16(20)10-23-17(21)12-4-6-13(19)7-5-12/h3-9,19H,10H2,1-2H3,(H,18,20). The van der Waals surface area contributed by atoms with Crippen molar-refractivity contribution >= 4 is 17.6 Å². The summed E-state index contributed by atoms with van der Waals surface area (Å²) in [7, 11) is 1.51. The number of rotatable bonds is 5. The molecule has 0 saturated carbocycles. The highest BCUT2D eigenvalue weighted by molar-refractivity contribution is 5.96. The van der Waals surface area contributed by atoms with Crippen LogP contribution in [0.2, 0.25) is 0 Å². The maximum atomic E-state index is 11.9. The van der Waals surface area contributed by atoms with Crippen molar-refractivity contribution in [2.45, 2.75) is 6.92 Å². The average molecular weight is 315 g/mol. The molecule has 2 N–H and O–H groups in total. The van der Waals surface area contributed by atoms with Gasteiger partial charge in [0.1, 0.15) is 11.5 Å². The van der Waals surface area contributed by atoms with Gasteiger partial charge in [0.05, 0.1) is 18.4 Å². The summed E-state index contributed by atoms with van der Waals surface area (Å²) in [5.41, 5.74) is 1.73. The predicted octanol–water partition coefficient (Wildman–Crippen LogP) is 2.50. The Morgan fingerprint density at radius 3 is 2.48 bits per heavy atom. The first-order valence-corrected chi connectivity index (χ1v) is 6.90. The van der Waals surface area contributed by atoms with E-state index in [-0.39, 0.29) is 11.3 Å². The molecule has 0 heterocycles. The number of benzene rings is 2. The number of esters is 1. The van der Waals surface area contributed by atoms with Crippen LogP contribution in [0, 0.1) is 6.92 Å². The minimum absolute atomic E-state index is 0.0471. The molecule has 0 aliphatic carbocycles. The number of ether oxygens (including phenoxy) is 2. The topological polar surface area (TPSA) is 84.9 Å². The fourth-order valence-corrected chi connectivity index (χ4v) is 1.92. The Morgan fingerprint density at radius 1 is 1.13 bits per heavy atom. The number of aromatic hydroxyl groups is 1. The number of hydrogen-bond acceptors (Lipinski definition) is 5. The van der Waals surface area contributed by atoms with Crippen LogP contribution in [-0.2, 0) is 9.53 Å². The van der Waals surface area contributed by atoms with Gasteiger partial charge in [0, 0.05) is 0 Å². The molecule has 0 spiro atoms. The summed E-state index contributed by atoms with van der Waals surface area (Å²) < 4.78 is 10.1. The Bertz CT molecular complexity index is 709. The van der Waals surface area contributed by atoms with E-state index in [9.17, 15) is 9.59 Å². The Hall–Kier alpha value is -3.02. The largest absolute Gasteiger partial charge is 0.508 e. The molecule has 23 heavy (non-hydrogen) atoms. The fourth-order valence-electron chi connectivity index (χ4n) is 1.92. The molecular weight excluding hydrogens is 298 g/mol. The van der Waals surface area contributed by atoms with Crippen molar-refractivity contribution in [3.8, 4) is 11.5 Å². The van der Waals surface area contributed by atoms with Crippen molar-refractivity contribution in [1.82, 2.24) is 0 Å². The van der Waals surface area contributed by atoms with Crippen LogP contribution in [0.4, 0.5) is 5.69 Å². The minimum atomic E-state index is -0.642. The second kappa shape index (κ2) is 7.31. The van der Waals surface area contributed by atoms with Crippen molar-refractivity contribution in [2.24, 2.45) is 0 Å². The Morgan fingerprint density at radius 2 is 1.83 bits per heavy atom. The quantitative estimate of drug-likeness (QED) is 0.828. The number of methoxy groups -OCH3 is 1. The lowest BCUT2D eigenvalue weighted by molar-refractivity contribution is -0.119. The SMILES string of the molecule is COc1ccc(C)cc1NC(=O)COC(=O)c1ccc(O)cc1. The molecule has 0 atom stereocenters. The van der Waals surface area contributed by atoms with Gasteiger partial charge < -0.3 is 19.9 Å². The second-order valence-electron chi connectivity index (χ2n) is 4.87. The van der Waals surface area contributed by atoms with Crippen LogP contribution < -0.4 is 10.1 Å². The molecule has 2 aromatic carbocycles. The van der Waals surface area contributed by atoms with Gasteiger partial charge in [-0.15, -0.1) is 0 Å². The first-order chi connectivity index (χ1) is 11.0. The van der Waals surface area contributed by atoms with E-state index in [1.165, 1.54) is 31.4 Å². The summed E-state index contributed by atoms with van der Waals surface area (Å²) in [6.07, 6.45) is 0. The van der Waals surface area contributed by atoms with E-state index in [1.807, 2.05) is 13.0 Å². The van der Waals surface area contributed by atoms with E-state index in [0.29, 0.717) is 11.4 Å². The van der Waals surface area contributed by atoms with Crippen LogP contribution in [0.3, 0.4) is 0 Å². The molecule has 1 amide bonds. The van der Waals surface area contributed by atoms with Crippen molar-refractivity contribution < 1.29 is 24.2 Å². The van der Waals surface area contributed by atoms with E-state index in [2.05, 4.69) is 5.32 Å². The number of amides is 1. The van der Waals surface area contributed by atoms with E-state index < -0.39 is 18.5 Å². The van der Waals surface area contributed by atoms with Gasteiger partial charge in [-0.1, -0.05) is 6.07 Å². The lowest BCUT2D eigenvalue weighted by atomic mass is 10.2. The first-order valence-electron chi connectivity index (χ1n) is 6.90. The molecule has 2 rings (SSSR count). The van der Waals surface area contributed by atoms with Crippen LogP contribution in [0.1, 0.15) is 15.9 Å². The van der Waals surface area contributed by atoms with Crippen molar-refractivity contribution in [2.75, 3.05) is 19.0 Å². The molecule has 0 aliphatic heterocycles. The predicted molar refractivity (Wildman–Crippen MR) is 84.8 cm³/mol. The molecule has 0 unspecified atom stereocenters. The van der Waals surface area contributed by atoms with Gasteiger partial charge in [0.2, 0.25) is 0 Å². The Kier molecular flexibility index (Phi) is 5.19. The highest BCUT2D eigenvalue weighted by Gasteiger charge is 2.12. The third-order valence-electron chi connectivity index (χ3n) is 3.07. The monoisotopic (exact) mass is 315 g/mol. The zero-order valence-corrected chi connectivity index (χ0v) is 12.8. The molecule has 0 radical (unpaired) electrons. The molecule has 6 nitrogen and oxygen atoms in total. The summed E-state index contributed by atoms with van der Waals surface area (Å²) >= 11 is 0. The van der Waals surface area contributed by atoms with E-state index in [1.54, 1.807) is 12.1 Å². The summed E-state index contributed by atoms with van der Waals surface area (Å²) in [4.78, 5) is 23.7. The second-order valence-corrected chi connectivity index (χ2v) is 4.87. The van der Waals surface area contributed by atoms with Crippen molar-refractivity contribution in [1.29, 1.82) is 0 Å². The van der Waals surface area contributed by atoms with Gasteiger partial charge in [0.15, 0.2) is 6.61 Å². The average Bonchev–Trinajstić information content (AvgIpc) is 2.53. The van der Waals surface area contributed by atoms with Gasteiger partial charge >= 0.3 is 5.97 Å². The highest BCUT2D eigenvalue weighted by atomic mass is 16.5. The van der Waals surface area contributed by atoms with Crippen LogP contribution in [-0.4, -0.2) is 30.7 Å². The Balaban J connectivity index is 1.94. The fraction of sp³-hybridized carbons (Fsp3) is 0.176. The van der Waals surface area contributed by atoms with E-state index in [0.717, 1.165) is 5.56 Å². The summed E-state index contributed by atoms with van der Waals surface area (Å²) in [5.74, 6) is -0.544. The lowest BCUT2D eigenvalue weighted by Crippen LogP contribution is -2.21. The first kappa shape index (κ1) is 16.4. The number of phenolic OH excluding ortho intramolecular Hbond substituents is 1. The summed E-state index contributed by atoms with van der Waals surface area (Å²) in [6, 6.07) is 10.9. The molecule has 0 saturated heterocycles. The van der Waals surface area contributed by atoms with Gasteiger partial charge in [-0.3, -0.25) is 4.79 Å². The molecule has 0 bridgehead atoms. The van der Waals surface area contributed by atoms with Crippen molar-refractivity contribution in [3.63, 3.8) is 0 Å². The zero-order valence-electron chi connectivity index (χ0n) is 12.8. The van der Waals surface area contributed by atoms with E-state index in [4.69, 9.17) is 14.6 Å². The third-order valence-corrected chi connectivity index (χ3v) is 3.07. The van der Waals surface area contributed by atoms with Crippen LogP contribution in [0.25, 0.3) is 0 Å². The molecule has 0 aliphatic rings. The molecule has 6 heteroatoms. The normalized spacial score (nSPS) is 10.0. The number of hydrogen-bond donors (Lipinski definition) is 2. The molecule has 0 aromatic heterocycles. The van der Waals surface area contributed by atoms with Gasteiger partial charge in [-0.05, 0) is 48.9 Å². The summed E-state index contributed by atoms with van der Waals surface area (Å²) in [5, 5.41) is 11.8. The highest BCUT2D eigenvalue weighted by Crippen LogP contribution is 2.25. The molecule has 2 aromatic rings.